The molecular formula is C30H35N7O4. The van der Waals surface area contributed by atoms with Gasteiger partial charge < -0.3 is 28.9 Å². The molecule has 0 amide bonds. The highest BCUT2D eigenvalue weighted by Gasteiger charge is 2.24. The van der Waals surface area contributed by atoms with Gasteiger partial charge in [-0.25, -0.2) is 15.0 Å². The van der Waals surface area contributed by atoms with Crippen molar-refractivity contribution >= 4 is 22.7 Å². The monoisotopic (exact) mass is 557 g/mol. The number of fused-ring (bicyclic) bond motifs is 1. The SMILES string of the molecule is COc1cc2ncnc(N3CCN(c4ncc(Cc5ccccc5)c(=O)[nH]4)CC3)c2cc1OCC1CN(C)CCO1. The fraction of sp³-hybridized carbons (Fsp3) is 0.400. The van der Waals surface area contributed by atoms with Crippen LogP contribution in [0.15, 0.2) is 59.8 Å². The molecule has 6 rings (SSSR count). The van der Waals surface area contributed by atoms with E-state index in [1.165, 1.54) is 0 Å². The van der Waals surface area contributed by atoms with Crippen molar-refractivity contribution in [2.24, 2.45) is 0 Å². The number of ether oxygens (including phenoxy) is 3. The summed E-state index contributed by atoms with van der Waals surface area (Å²) in [6.45, 7) is 5.70. The van der Waals surface area contributed by atoms with Crippen molar-refractivity contribution in [3.05, 3.63) is 76.5 Å². The number of nitrogens with one attached hydrogen (secondary N) is 1. The lowest BCUT2D eigenvalue weighted by Crippen LogP contribution is -2.47. The largest absolute Gasteiger partial charge is 0.493 e. The zero-order chi connectivity index (χ0) is 28.2. The summed E-state index contributed by atoms with van der Waals surface area (Å²) in [6.07, 6.45) is 3.83. The van der Waals surface area contributed by atoms with Crippen LogP contribution in [0.4, 0.5) is 11.8 Å². The molecule has 1 atom stereocenters. The third-order valence-corrected chi connectivity index (χ3v) is 7.64. The van der Waals surface area contributed by atoms with E-state index in [0.717, 1.165) is 35.4 Å². The number of aromatic amines is 1. The Morgan fingerprint density at radius 1 is 1.00 bits per heavy atom. The maximum absolute atomic E-state index is 12.8. The van der Waals surface area contributed by atoms with Crippen molar-refractivity contribution in [1.29, 1.82) is 0 Å². The van der Waals surface area contributed by atoms with Crippen molar-refractivity contribution in [2.75, 3.05) is 76.4 Å². The average Bonchev–Trinajstić information content (AvgIpc) is 3.01. The molecule has 2 aromatic carbocycles. The average molecular weight is 558 g/mol. The zero-order valence-corrected chi connectivity index (χ0v) is 23.5. The summed E-state index contributed by atoms with van der Waals surface area (Å²) in [6, 6.07) is 13.8. The number of benzene rings is 2. The maximum atomic E-state index is 12.8. The van der Waals surface area contributed by atoms with Gasteiger partial charge in [0.15, 0.2) is 11.5 Å². The van der Waals surface area contributed by atoms with Crippen LogP contribution >= 0.6 is 0 Å². The molecule has 0 saturated carbocycles. The maximum Gasteiger partial charge on any atom is 0.255 e. The molecule has 2 aliphatic rings. The highest BCUT2D eigenvalue weighted by molar-refractivity contribution is 5.92. The normalized spacial score (nSPS) is 18.0. The molecule has 1 unspecified atom stereocenters. The molecule has 11 nitrogen and oxygen atoms in total. The lowest BCUT2D eigenvalue weighted by molar-refractivity contribution is -0.0406. The van der Waals surface area contributed by atoms with Gasteiger partial charge in [-0.15, -0.1) is 0 Å². The number of piperazine rings is 1. The van der Waals surface area contributed by atoms with Crippen LogP contribution in [-0.2, 0) is 11.2 Å². The summed E-state index contributed by atoms with van der Waals surface area (Å²) in [7, 11) is 3.72. The van der Waals surface area contributed by atoms with Crippen LogP contribution in [0.2, 0.25) is 0 Å². The first-order valence-corrected chi connectivity index (χ1v) is 13.9. The Bertz CT molecular complexity index is 1540. The number of likely N-dealkylation sites (N-methyl/N-ethyl adjacent to an activating group) is 1. The quantitative estimate of drug-likeness (QED) is 0.347. The second-order valence-electron chi connectivity index (χ2n) is 10.5. The number of anilines is 2. The van der Waals surface area contributed by atoms with Crippen LogP contribution in [-0.4, -0.2) is 97.6 Å². The minimum Gasteiger partial charge on any atom is -0.493 e. The van der Waals surface area contributed by atoms with E-state index in [9.17, 15) is 4.79 Å². The molecule has 0 radical (unpaired) electrons. The number of aromatic nitrogens is 4. The Labute approximate surface area is 238 Å². The lowest BCUT2D eigenvalue weighted by atomic mass is 10.1. The first kappa shape index (κ1) is 27.0. The molecule has 0 bridgehead atoms. The van der Waals surface area contributed by atoms with E-state index in [0.29, 0.717) is 68.8 Å². The lowest BCUT2D eigenvalue weighted by Gasteiger charge is -2.36. The summed E-state index contributed by atoms with van der Waals surface area (Å²) >= 11 is 0. The van der Waals surface area contributed by atoms with Crippen molar-refractivity contribution in [3.63, 3.8) is 0 Å². The second kappa shape index (κ2) is 12.1. The van der Waals surface area contributed by atoms with E-state index in [4.69, 9.17) is 14.2 Å². The van der Waals surface area contributed by atoms with Gasteiger partial charge >= 0.3 is 0 Å². The van der Waals surface area contributed by atoms with Crippen molar-refractivity contribution in [2.45, 2.75) is 12.5 Å². The molecule has 11 heteroatoms. The smallest absolute Gasteiger partial charge is 0.255 e. The molecule has 214 valence electrons. The van der Waals surface area contributed by atoms with Crippen LogP contribution in [0.25, 0.3) is 10.9 Å². The summed E-state index contributed by atoms with van der Waals surface area (Å²) in [5.74, 6) is 2.70. The van der Waals surface area contributed by atoms with E-state index < -0.39 is 0 Å². The number of H-pyrrole nitrogens is 1. The van der Waals surface area contributed by atoms with Gasteiger partial charge in [0.1, 0.15) is 24.9 Å². The molecule has 2 aliphatic heterocycles. The van der Waals surface area contributed by atoms with Gasteiger partial charge in [0.05, 0.1) is 19.2 Å². The predicted octanol–water partition coefficient (Wildman–Crippen LogP) is 2.35. The van der Waals surface area contributed by atoms with Crippen LogP contribution in [0.1, 0.15) is 11.1 Å². The van der Waals surface area contributed by atoms with Crippen molar-refractivity contribution in [1.82, 2.24) is 24.8 Å². The van der Waals surface area contributed by atoms with Gasteiger partial charge in [-0.2, -0.15) is 0 Å². The molecule has 1 N–H and O–H groups in total. The Kier molecular flexibility index (Phi) is 7.97. The minimum atomic E-state index is -0.102. The van der Waals surface area contributed by atoms with E-state index in [2.05, 4.69) is 41.7 Å². The zero-order valence-electron chi connectivity index (χ0n) is 23.5. The third kappa shape index (κ3) is 6.10. The predicted molar refractivity (Wildman–Crippen MR) is 157 cm³/mol. The van der Waals surface area contributed by atoms with Crippen LogP contribution in [0.3, 0.4) is 0 Å². The number of hydrogen-bond acceptors (Lipinski definition) is 10. The second-order valence-corrected chi connectivity index (χ2v) is 10.5. The molecule has 4 aromatic rings. The van der Waals surface area contributed by atoms with E-state index in [1.807, 2.05) is 42.5 Å². The minimum absolute atomic E-state index is 0.00109. The van der Waals surface area contributed by atoms with Crippen LogP contribution in [0.5, 0.6) is 11.5 Å². The molecule has 2 saturated heterocycles. The molecule has 4 heterocycles. The Hall–Kier alpha value is -4.22. The Balaban J connectivity index is 1.15. The molecule has 41 heavy (non-hydrogen) atoms. The Morgan fingerprint density at radius 2 is 1.80 bits per heavy atom. The van der Waals surface area contributed by atoms with Gasteiger partial charge in [-0.1, -0.05) is 30.3 Å². The number of nitrogens with zero attached hydrogens (tertiary/aromatic N) is 6. The van der Waals surface area contributed by atoms with Gasteiger partial charge in [0.25, 0.3) is 5.56 Å². The van der Waals surface area contributed by atoms with Crippen LogP contribution < -0.4 is 24.8 Å². The molecular weight excluding hydrogens is 522 g/mol. The van der Waals surface area contributed by atoms with Gasteiger partial charge in [-0.3, -0.25) is 9.78 Å². The first-order valence-electron chi connectivity index (χ1n) is 13.9. The first-order chi connectivity index (χ1) is 20.1. The fourth-order valence-electron chi connectivity index (χ4n) is 5.37. The number of rotatable bonds is 8. The topological polar surface area (TPSA) is 109 Å². The highest BCUT2D eigenvalue weighted by Crippen LogP contribution is 2.35. The van der Waals surface area contributed by atoms with E-state index >= 15 is 0 Å². The summed E-state index contributed by atoms with van der Waals surface area (Å²) in [4.78, 5) is 36.1. The summed E-state index contributed by atoms with van der Waals surface area (Å²) in [5.41, 5.74) is 2.42. The molecule has 2 fully saturated rings. The fourth-order valence-corrected chi connectivity index (χ4v) is 5.37. The van der Waals surface area contributed by atoms with Gasteiger partial charge in [0.2, 0.25) is 5.95 Å². The molecule has 0 aliphatic carbocycles. The number of hydrogen-bond donors (Lipinski definition) is 1. The highest BCUT2D eigenvalue weighted by atomic mass is 16.5. The van der Waals surface area contributed by atoms with Crippen LogP contribution in [0, 0.1) is 0 Å². The van der Waals surface area contributed by atoms with Gasteiger partial charge in [0, 0.05) is 68.9 Å². The van der Waals surface area contributed by atoms with E-state index in [-0.39, 0.29) is 11.7 Å². The molecule has 0 spiro atoms. The van der Waals surface area contributed by atoms with E-state index in [1.54, 1.807) is 19.6 Å². The number of methoxy groups -OCH3 is 1. The third-order valence-electron chi connectivity index (χ3n) is 7.64. The molecule has 2 aromatic heterocycles. The van der Waals surface area contributed by atoms with Crippen molar-refractivity contribution in [3.8, 4) is 11.5 Å². The van der Waals surface area contributed by atoms with Crippen molar-refractivity contribution < 1.29 is 14.2 Å². The summed E-state index contributed by atoms with van der Waals surface area (Å²) < 4.78 is 17.7. The van der Waals surface area contributed by atoms with Gasteiger partial charge in [-0.05, 0) is 18.7 Å². The Morgan fingerprint density at radius 3 is 2.56 bits per heavy atom. The standard InChI is InChI=1S/C30H35N7O4/c1-35-12-13-40-23(18-35)19-41-27-15-24-25(16-26(27)39-2)32-20-33-28(24)36-8-10-37(11-9-36)30-31-17-22(29(38)34-30)14-21-6-4-3-5-7-21/h3-7,15-17,20,23H,8-14,18-19H2,1-2H3,(H,31,34,38). The summed E-state index contributed by atoms with van der Waals surface area (Å²) in [5, 5.41) is 0.898. The number of morpholine rings is 1.